The van der Waals surface area contributed by atoms with Gasteiger partial charge in [0.05, 0.1) is 0 Å². The van der Waals surface area contributed by atoms with E-state index in [2.05, 4.69) is 32.6 Å². The monoisotopic (exact) mass is 263 g/mol. The lowest BCUT2D eigenvalue weighted by molar-refractivity contribution is 0.228. The predicted octanol–water partition coefficient (Wildman–Crippen LogP) is 5.28. The molecule has 0 heterocycles. The van der Waals surface area contributed by atoms with Gasteiger partial charge in [-0.3, -0.25) is 0 Å². The number of nitrogens with zero attached hydrogens (tertiary/aromatic N) is 1. The van der Waals surface area contributed by atoms with Gasteiger partial charge in [-0.05, 0) is 33.4 Å². The SMILES string of the molecule is CCCCCCCCCCN(CC)C(C)C.Cl. The lowest BCUT2D eigenvalue weighted by atomic mass is 10.1. The third kappa shape index (κ3) is 12.5. The lowest BCUT2D eigenvalue weighted by Crippen LogP contribution is -2.31. The zero-order chi connectivity index (χ0) is 12.2. The second-order valence-electron chi connectivity index (χ2n) is 5.20. The fraction of sp³-hybridized carbons (Fsp3) is 1.00. The van der Waals surface area contributed by atoms with Crippen LogP contribution in [0.2, 0.25) is 0 Å². The molecule has 0 rings (SSSR count). The number of hydrogen-bond donors (Lipinski definition) is 0. The van der Waals surface area contributed by atoms with Crippen molar-refractivity contribution in [1.29, 1.82) is 0 Å². The van der Waals surface area contributed by atoms with Gasteiger partial charge in [-0.25, -0.2) is 0 Å². The van der Waals surface area contributed by atoms with Crippen molar-refractivity contribution in [1.82, 2.24) is 4.90 Å². The summed E-state index contributed by atoms with van der Waals surface area (Å²) in [5.74, 6) is 0. The van der Waals surface area contributed by atoms with Crippen LogP contribution >= 0.6 is 12.4 Å². The summed E-state index contributed by atoms with van der Waals surface area (Å²) < 4.78 is 0. The Labute approximate surface area is 116 Å². The van der Waals surface area contributed by atoms with E-state index in [0.29, 0.717) is 0 Å². The van der Waals surface area contributed by atoms with Gasteiger partial charge in [0.1, 0.15) is 0 Å². The van der Waals surface area contributed by atoms with E-state index in [4.69, 9.17) is 0 Å². The second-order valence-corrected chi connectivity index (χ2v) is 5.20. The molecular weight excluding hydrogens is 230 g/mol. The van der Waals surface area contributed by atoms with Gasteiger partial charge >= 0.3 is 0 Å². The van der Waals surface area contributed by atoms with Gasteiger partial charge in [-0.15, -0.1) is 12.4 Å². The van der Waals surface area contributed by atoms with Crippen LogP contribution in [0.3, 0.4) is 0 Å². The first-order valence-electron chi connectivity index (χ1n) is 7.46. The molecule has 0 fully saturated rings. The van der Waals surface area contributed by atoms with Crippen LogP contribution in [-0.2, 0) is 0 Å². The first-order valence-corrected chi connectivity index (χ1v) is 7.46. The molecule has 0 saturated carbocycles. The van der Waals surface area contributed by atoms with Crippen molar-refractivity contribution in [2.24, 2.45) is 0 Å². The van der Waals surface area contributed by atoms with Crippen LogP contribution in [0, 0.1) is 0 Å². The van der Waals surface area contributed by atoms with Crippen molar-refractivity contribution in [3.63, 3.8) is 0 Å². The van der Waals surface area contributed by atoms with Gasteiger partial charge in [0, 0.05) is 6.04 Å². The Morgan fingerprint density at radius 2 is 1.24 bits per heavy atom. The number of halogens is 1. The molecule has 2 heteroatoms. The van der Waals surface area contributed by atoms with Crippen LogP contribution in [0.15, 0.2) is 0 Å². The fourth-order valence-electron chi connectivity index (χ4n) is 2.23. The number of hydrogen-bond acceptors (Lipinski definition) is 1. The maximum Gasteiger partial charge on any atom is 0.00384 e. The third-order valence-corrected chi connectivity index (χ3v) is 3.44. The summed E-state index contributed by atoms with van der Waals surface area (Å²) in [6.07, 6.45) is 11.4. The van der Waals surface area contributed by atoms with Gasteiger partial charge < -0.3 is 4.90 Å². The van der Waals surface area contributed by atoms with E-state index in [0.717, 1.165) is 6.04 Å². The summed E-state index contributed by atoms with van der Waals surface area (Å²) in [5, 5.41) is 0. The largest absolute Gasteiger partial charge is 0.301 e. The van der Waals surface area contributed by atoms with E-state index in [-0.39, 0.29) is 12.4 Å². The van der Waals surface area contributed by atoms with Gasteiger partial charge in [-0.2, -0.15) is 0 Å². The van der Waals surface area contributed by atoms with Crippen LogP contribution in [0.4, 0.5) is 0 Å². The standard InChI is InChI=1S/C15H33N.ClH/c1-5-7-8-9-10-11-12-13-14-16(6-2)15(3)4;/h15H,5-14H2,1-4H3;1H. The number of unbranched alkanes of at least 4 members (excludes halogenated alkanes) is 7. The molecular formula is C15H34ClN. The molecule has 0 N–H and O–H groups in total. The zero-order valence-corrected chi connectivity index (χ0v) is 13.3. The van der Waals surface area contributed by atoms with Crippen LogP contribution in [-0.4, -0.2) is 24.0 Å². The molecule has 0 aliphatic carbocycles. The minimum atomic E-state index is 0. The summed E-state index contributed by atoms with van der Waals surface area (Å²) in [6.45, 7) is 11.6. The van der Waals surface area contributed by atoms with Crippen molar-refractivity contribution in [2.45, 2.75) is 85.1 Å². The fourth-order valence-corrected chi connectivity index (χ4v) is 2.23. The quantitative estimate of drug-likeness (QED) is 0.459. The second kappa shape index (κ2) is 14.3. The van der Waals surface area contributed by atoms with E-state index >= 15 is 0 Å². The maximum atomic E-state index is 2.57. The van der Waals surface area contributed by atoms with E-state index < -0.39 is 0 Å². The Kier molecular flexibility index (Phi) is 16.5. The van der Waals surface area contributed by atoms with Crippen molar-refractivity contribution in [3.05, 3.63) is 0 Å². The van der Waals surface area contributed by atoms with Crippen molar-refractivity contribution >= 4 is 12.4 Å². The number of rotatable bonds is 11. The molecule has 0 aromatic rings. The lowest BCUT2D eigenvalue weighted by Gasteiger charge is -2.24. The summed E-state index contributed by atoms with van der Waals surface area (Å²) in [4.78, 5) is 2.57. The molecule has 0 radical (unpaired) electrons. The molecule has 106 valence electrons. The van der Waals surface area contributed by atoms with Gasteiger partial charge in [0.15, 0.2) is 0 Å². The normalized spacial score (nSPS) is 10.9. The van der Waals surface area contributed by atoms with Crippen molar-refractivity contribution < 1.29 is 0 Å². The van der Waals surface area contributed by atoms with Crippen LogP contribution in [0.25, 0.3) is 0 Å². The highest BCUT2D eigenvalue weighted by atomic mass is 35.5. The average molecular weight is 264 g/mol. The molecule has 0 aliphatic heterocycles. The Morgan fingerprint density at radius 1 is 0.765 bits per heavy atom. The van der Waals surface area contributed by atoms with Crippen molar-refractivity contribution in [2.75, 3.05) is 13.1 Å². The third-order valence-electron chi connectivity index (χ3n) is 3.44. The molecule has 0 aromatic heterocycles. The first-order chi connectivity index (χ1) is 7.72. The minimum absolute atomic E-state index is 0. The van der Waals surface area contributed by atoms with Gasteiger partial charge in [-0.1, -0.05) is 58.8 Å². The van der Waals surface area contributed by atoms with Crippen LogP contribution in [0.5, 0.6) is 0 Å². The molecule has 0 unspecified atom stereocenters. The van der Waals surface area contributed by atoms with E-state index in [9.17, 15) is 0 Å². The highest BCUT2D eigenvalue weighted by Crippen LogP contribution is 2.09. The molecule has 0 bridgehead atoms. The van der Waals surface area contributed by atoms with Crippen molar-refractivity contribution in [3.8, 4) is 0 Å². The van der Waals surface area contributed by atoms with Gasteiger partial charge in [0.25, 0.3) is 0 Å². The zero-order valence-electron chi connectivity index (χ0n) is 12.5. The highest BCUT2D eigenvalue weighted by Gasteiger charge is 2.05. The van der Waals surface area contributed by atoms with Crippen LogP contribution < -0.4 is 0 Å². The van der Waals surface area contributed by atoms with E-state index in [1.165, 1.54) is 64.5 Å². The molecule has 0 aliphatic rings. The Bertz CT molecular complexity index is 137. The summed E-state index contributed by atoms with van der Waals surface area (Å²) in [7, 11) is 0. The Balaban J connectivity index is 0. The average Bonchev–Trinajstić information content (AvgIpc) is 2.26. The molecule has 0 spiro atoms. The predicted molar refractivity (Wildman–Crippen MR) is 82.2 cm³/mol. The Hall–Kier alpha value is 0.250. The van der Waals surface area contributed by atoms with E-state index in [1.54, 1.807) is 0 Å². The highest BCUT2D eigenvalue weighted by molar-refractivity contribution is 5.85. The van der Waals surface area contributed by atoms with Gasteiger partial charge in [0.2, 0.25) is 0 Å². The molecule has 0 atom stereocenters. The first kappa shape index (κ1) is 19.6. The molecule has 0 aromatic carbocycles. The Morgan fingerprint density at radius 3 is 1.65 bits per heavy atom. The molecule has 0 saturated heterocycles. The minimum Gasteiger partial charge on any atom is -0.301 e. The smallest absolute Gasteiger partial charge is 0.00384 e. The summed E-state index contributed by atoms with van der Waals surface area (Å²) in [5.41, 5.74) is 0. The van der Waals surface area contributed by atoms with Crippen LogP contribution in [0.1, 0.15) is 79.1 Å². The molecule has 1 nitrogen and oxygen atoms in total. The molecule has 17 heavy (non-hydrogen) atoms. The van der Waals surface area contributed by atoms with E-state index in [1.807, 2.05) is 0 Å². The maximum absolute atomic E-state index is 2.57. The summed E-state index contributed by atoms with van der Waals surface area (Å²) >= 11 is 0. The molecule has 0 amide bonds. The summed E-state index contributed by atoms with van der Waals surface area (Å²) in [6, 6.07) is 0.717. The topological polar surface area (TPSA) is 3.24 Å².